The molecule has 3 atom stereocenters. The molecule has 2 aliphatic carbocycles. The van der Waals surface area contributed by atoms with Gasteiger partial charge in [0.25, 0.3) is 0 Å². The van der Waals surface area contributed by atoms with Crippen molar-refractivity contribution in [1.82, 2.24) is 10.6 Å². The molecule has 2 aliphatic rings. The van der Waals surface area contributed by atoms with Crippen LogP contribution in [0.25, 0.3) is 11.1 Å². The van der Waals surface area contributed by atoms with E-state index in [0.717, 1.165) is 36.8 Å². The molecular formula is C28H34N2O5. The molecule has 3 unspecified atom stereocenters. The van der Waals surface area contributed by atoms with Crippen LogP contribution in [0.15, 0.2) is 48.5 Å². The second kappa shape index (κ2) is 11.4. The molecule has 0 saturated heterocycles. The van der Waals surface area contributed by atoms with Gasteiger partial charge < -0.3 is 20.5 Å². The van der Waals surface area contributed by atoms with E-state index in [-0.39, 0.29) is 30.4 Å². The van der Waals surface area contributed by atoms with Crippen molar-refractivity contribution in [2.75, 3.05) is 6.61 Å². The summed E-state index contributed by atoms with van der Waals surface area (Å²) in [4.78, 5) is 36.8. The Labute approximate surface area is 206 Å². The van der Waals surface area contributed by atoms with Gasteiger partial charge in [-0.1, -0.05) is 74.7 Å². The fraction of sp³-hybridized carbons (Fsp3) is 0.464. The molecule has 7 heteroatoms. The minimum atomic E-state index is -1.00. The lowest BCUT2D eigenvalue weighted by molar-refractivity contribution is -0.143. The molecule has 1 saturated carbocycles. The zero-order valence-electron chi connectivity index (χ0n) is 20.2. The summed E-state index contributed by atoms with van der Waals surface area (Å²) in [7, 11) is 0. The van der Waals surface area contributed by atoms with Crippen LogP contribution in [-0.2, 0) is 14.3 Å². The van der Waals surface area contributed by atoms with Crippen LogP contribution in [0.2, 0.25) is 0 Å². The number of carboxylic acids is 1. The first-order chi connectivity index (χ1) is 17.0. The van der Waals surface area contributed by atoms with E-state index in [1.54, 1.807) is 0 Å². The van der Waals surface area contributed by atoms with E-state index in [1.165, 1.54) is 11.1 Å². The van der Waals surface area contributed by atoms with Gasteiger partial charge in [0.15, 0.2) is 0 Å². The first-order valence-electron chi connectivity index (χ1n) is 12.6. The highest BCUT2D eigenvalue weighted by Gasteiger charge is 2.32. The Kier molecular flexibility index (Phi) is 8.06. The van der Waals surface area contributed by atoms with Gasteiger partial charge in [0.2, 0.25) is 5.91 Å². The Bertz CT molecular complexity index is 1020. The molecule has 0 spiro atoms. The van der Waals surface area contributed by atoms with Gasteiger partial charge in [-0.25, -0.2) is 9.59 Å². The van der Waals surface area contributed by atoms with E-state index in [0.29, 0.717) is 19.3 Å². The topological polar surface area (TPSA) is 105 Å². The molecule has 1 fully saturated rings. The number of aliphatic carboxylic acids is 1. The summed E-state index contributed by atoms with van der Waals surface area (Å²) in [5.41, 5.74) is 4.67. The van der Waals surface area contributed by atoms with Crippen LogP contribution in [0.3, 0.4) is 0 Å². The first-order valence-corrected chi connectivity index (χ1v) is 12.6. The third kappa shape index (κ3) is 5.84. The minimum absolute atomic E-state index is 0.00546. The lowest BCUT2D eigenvalue weighted by Gasteiger charge is -2.29. The number of hydrogen-bond acceptors (Lipinski definition) is 4. The number of nitrogens with one attached hydrogen (secondary N) is 2. The molecule has 0 heterocycles. The van der Waals surface area contributed by atoms with Crippen LogP contribution >= 0.6 is 0 Å². The molecule has 7 nitrogen and oxygen atoms in total. The third-order valence-corrected chi connectivity index (χ3v) is 7.17. The lowest BCUT2D eigenvalue weighted by Crippen LogP contribution is -2.47. The van der Waals surface area contributed by atoms with E-state index < -0.39 is 18.1 Å². The van der Waals surface area contributed by atoms with Gasteiger partial charge in [-0.15, -0.1) is 0 Å². The maximum Gasteiger partial charge on any atom is 0.407 e. The van der Waals surface area contributed by atoms with E-state index in [4.69, 9.17) is 4.74 Å². The smallest absolute Gasteiger partial charge is 0.407 e. The van der Waals surface area contributed by atoms with Gasteiger partial charge in [-0.05, 0) is 47.9 Å². The maximum absolute atomic E-state index is 12.7. The van der Waals surface area contributed by atoms with Crippen molar-refractivity contribution >= 4 is 18.0 Å². The molecule has 4 rings (SSSR count). The monoisotopic (exact) mass is 478 g/mol. The minimum Gasteiger partial charge on any atom is -0.480 e. The van der Waals surface area contributed by atoms with E-state index in [9.17, 15) is 19.5 Å². The number of carbonyl (C=O) groups is 3. The predicted molar refractivity (Wildman–Crippen MR) is 133 cm³/mol. The van der Waals surface area contributed by atoms with Crippen molar-refractivity contribution in [2.24, 2.45) is 5.92 Å². The van der Waals surface area contributed by atoms with Crippen molar-refractivity contribution in [3.05, 3.63) is 59.7 Å². The largest absolute Gasteiger partial charge is 0.480 e. The predicted octanol–water partition coefficient (Wildman–Crippen LogP) is 4.84. The lowest BCUT2D eigenvalue weighted by atomic mass is 9.85. The number of benzene rings is 2. The van der Waals surface area contributed by atoms with Gasteiger partial charge in [0.1, 0.15) is 12.6 Å². The number of ether oxygens (including phenoxy) is 1. The van der Waals surface area contributed by atoms with Crippen LogP contribution in [0, 0.1) is 5.92 Å². The Morgan fingerprint density at radius 1 is 1.03 bits per heavy atom. The van der Waals surface area contributed by atoms with Crippen molar-refractivity contribution < 1.29 is 24.2 Å². The molecule has 2 aromatic carbocycles. The molecule has 35 heavy (non-hydrogen) atoms. The van der Waals surface area contributed by atoms with Crippen LogP contribution in [0.1, 0.15) is 68.9 Å². The number of rotatable bonds is 9. The summed E-state index contributed by atoms with van der Waals surface area (Å²) in [6.07, 6.45) is 4.29. The summed E-state index contributed by atoms with van der Waals surface area (Å²) in [5, 5.41) is 15.0. The molecule has 0 aromatic heterocycles. The number of carboxylic acid groups (broad SMARTS) is 1. The Morgan fingerprint density at radius 2 is 1.69 bits per heavy atom. The molecule has 3 N–H and O–H groups in total. The van der Waals surface area contributed by atoms with Crippen LogP contribution in [0.5, 0.6) is 0 Å². The fourth-order valence-electron chi connectivity index (χ4n) is 5.32. The first kappa shape index (κ1) is 24.8. The van der Waals surface area contributed by atoms with E-state index >= 15 is 0 Å². The molecular weight excluding hydrogens is 444 g/mol. The number of amides is 2. The SMILES string of the molecule is CCCCC(NC(=O)C1CCCC(NC(=O)OCC2c3ccccc3-c3ccccc32)C1)C(=O)O. The highest BCUT2D eigenvalue weighted by atomic mass is 16.5. The van der Waals surface area contributed by atoms with Crippen molar-refractivity contribution in [3.8, 4) is 11.1 Å². The Hall–Kier alpha value is -3.35. The molecule has 0 aliphatic heterocycles. The van der Waals surface area contributed by atoms with Crippen LogP contribution in [0.4, 0.5) is 4.79 Å². The molecule has 2 amide bonds. The maximum atomic E-state index is 12.7. The summed E-state index contributed by atoms with van der Waals surface area (Å²) < 4.78 is 5.65. The molecule has 0 radical (unpaired) electrons. The van der Waals surface area contributed by atoms with Gasteiger partial charge in [0, 0.05) is 17.9 Å². The number of unbranched alkanes of at least 4 members (excludes halogenated alkanes) is 1. The number of alkyl carbamates (subject to hydrolysis) is 1. The van der Waals surface area contributed by atoms with Crippen molar-refractivity contribution in [1.29, 1.82) is 0 Å². The van der Waals surface area contributed by atoms with Crippen molar-refractivity contribution in [2.45, 2.75) is 69.9 Å². The van der Waals surface area contributed by atoms with Crippen LogP contribution < -0.4 is 10.6 Å². The highest BCUT2D eigenvalue weighted by Crippen LogP contribution is 2.44. The number of carbonyl (C=O) groups excluding carboxylic acids is 2. The average molecular weight is 479 g/mol. The summed E-state index contributed by atoms with van der Waals surface area (Å²) in [5.74, 6) is -1.57. The Balaban J connectivity index is 1.30. The normalized spacial score (nSPS) is 19.8. The second-order valence-corrected chi connectivity index (χ2v) is 9.57. The number of fused-ring (bicyclic) bond motifs is 3. The van der Waals surface area contributed by atoms with Crippen LogP contribution in [-0.4, -0.2) is 41.8 Å². The quantitative estimate of drug-likeness (QED) is 0.478. The highest BCUT2D eigenvalue weighted by molar-refractivity contribution is 5.85. The summed E-state index contributed by atoms with van der Waals surface area (Å²) >= 11 is 0. The summed E-state index contributed by atoms with van der Waals surface area (Å²) in [6.45, 7) is 2.23. The average Bonchev–Trinajstić information content (AvgIpc) is 3.19. The fourth-order valence-corrected chi connectivity index (χ4v) is 5.32. The second-order valence-electron chi connectivity index (χ2n) is 9.57. The zero-order valence-corrected chi connectivity index (χ0v) is 20.2. The molecule has 186 valence electrons. The zero-order chi connectivity index (χ0) is 24.8. The van der Waals surface area contributed by atoms with E-state index in [1.807, 2.05) is 31.2 Å². The Morgan fingerprint density at radius 3 is 2.31 bits per heavy atom. The number of hydrogen-bond donors (Lipinski definition) is 3. The van der Waals surface area contributed by atoms with E-state index in [2.05, 4.69) is 34.9 Å². The summed E-state index contributed by atoms with van der Waals surface area (Å²) in [6, 6.07) is 15.4. The van der Waals surface area contributed by atoms with Gasteiger partial charge in [-0.2, -0.15) is 0 Å². The standard InChI is InChI=1S/C28H34N2O5/c1-2-3-15-25(27(32)33)30-26(31)18-9-8-10-19(16-18)29-28(34)35-17-24-22-13-6-4-11-20(22)21-12-5-7-14-23(21)24/h4-7,11-14,18-19,24-25H,2-3,8-10,15-17H2,1H3,(H,29,34)(H,30,31)(H,32,33). The van der Waals surface area contributed by atoms with Gasteiger partial charge in [0.05, 0.1) is 0 Å². The molecule has 0 bridgehead atoms. The molecule has 2 aromatic rings. The third-order valence-electron chi connectivity index (χ3n) is 7.17. The van der Waals surface area contributed by atoms with Crippen molar-refractivity contribution in [3.63, 3.8) is 0 Å². The van der Waals surface area contributed by atoms with Gasteiger partial charge >= 0.3 is 12.1 Å². The van der Waals surface area contributed by atoms with Gasteiger partial charge in [-0.3, -0.25) is 4.79 Å².